The highest BCUT2D eigenvalue weighted by atomic mass is 15.2. The minimum Gasteiger partial charge on any atom is -0.352 e. The van der Waals surface area contributed by atoms with Gasteiger partial charge in [-0.2, -0.15) is 0 Å². The molecule has 0 unspecified atom stereocenters. The first-order valence-corrected chi connectivity index (χ1v) is 6.50. The van der Waals surface area contributed by atoms with Crippen molar-refractivity contribution in [2.75, 3.05) is 19.6 Å². The zero-order chi connectivity index (χ0) is 11.4. The third-order valence-corrected chi connectivity index (χ3v) is 3.90. The molecule has 0 aromatic heterocycles. The van der Waals surface area contributed by atoms with E-state index in [0.717, 1.165) is 12.5 Å². The van der Waals surface area contributed by atoms with Gasteiger partial charge in [0.2, 0.25) is 0 Å². The van der Waals surface area contributed by atoms with E-state index in [9.17, 15) is 0 Å². The summed E-state index contributed by atoms with van der Waals surface area (Å²) in [6.45, 7) is 6.01. The summed E-state index contributed by atoms with van der Waals surface area (Å²) in [5.74, 6) is 0.921. The van der Waals surface area contributed by atoms with Crippen molar-refractivity contribution in [3.05, 3.63) is 35.9 Å². The van der Waals surface area contributed by atoms with Crippen LogP contribution in [0.3, 0.4) is 0 Å². The molecule has 16 heavy (non-hydrogen) atoms. The summed E-state index contributed by atoms with van der Waals surface area (Å²) in [6.07, 6.45) is 2.75. The van der Waals surface area contributed by atoms with Gasteiger partial charge in [0.15, 0.2) is 6.04 Å². The quantitative estimate of drug-likeness (QED) is 0.734. The first kappa shape index (κ1) is 11.6. The van der Waals surface area contributed by atoms with Crippen LogP contribution < -0.4 is 10.6 Å². The Bertz CT molecular complexity index is 302. The van der Waals surface area contributed by atoms with E-state index >= 15 is 0 Å². The lowest BCUT2D eigenvalue weighted by atomic mass is 9.96. The van der Waals surface area contributed by atoms with Gasteiger partial charge in [-0.3, -0.25) is 0 Å². The maximum absolute atomic E-state index is 4.14. The molecular weight excluding hydrogens is 196 g/mol. The molecule has 0 saturated carbocycles. The largest absolute Gasteiger partial charge is 0.352 e. The van der Waals surface area contributed by atoms with Gasteiger partial charge in [-0.05, 0) is 18.8 Å². The number of hydrogen-bond acceptors (Lipinski definition) is 0. The van der Waals surface area contributed by atoms with Crippen molar-refractivity contribution in [2.24, 2.45) is 5.92 Å². The monoisotopic (exact) mass is 220 g/mol. The Morgan fingerprint density at radius 3 is 2.44 bits per heavy atom. The van der Waals surface area contributed by atoms with Crippen LogP contribution in [0.2, 0.25) is 0 Å². The van der Waals surface area contributed by atoms with E-state index < -0.39 is 0 Å². The van der Waals surface area contributed by atoms with E-state index in [0.29, 0.717) is 6.04 Å². The van der Waals surface area contributed by atoms with Crippen molar-refractivity contribution in [3.8, 4) is 0 Å². The molecule has 88 valence electrons. The SMILES string of the molecule is CC1CC[NH+]([C@@H](C[NH3+])c2ccccc2)CC1. The van der Waals surface area contributed by atoms with Gasteiger partial charge < -0.3 is 10.6 Å². The van der Waals surface area contributed by atoms with Crippen molar-refractivity contribution < 1.29 is 10.6 Å². The summed E-state index contributed by atoms with van der Waals surface area (Å²) in [5.41, 5.74) is 5.60. The number of rotatable bonds is 3. The smallest absolute Gasteiger partial charge is 0.162 e. The molecule has 0 bridgehead atoms. The van der Waals surface area contributed by atoms with Crippen LogP contribution in [0.15, 0.2) is 30.3 Å². The van der Waals surface area contributed by atoms with Crippen molar-refractivity contribution in [2.45, 2.75) is 25.8 Å². The molecule has 0 spiro atoms. The van der Waals surface area contributed by atoms with Gasteiger partial charge in [-0.25, -0.2) is 0 Å². The first-order valence-electron chi connectivity index (χ1n) is 6.50. The fourth-order valence-corrected chi connectivity index (χ4v) is 2.77. The van der Waals surface area contributed by atoms with Gasteiger partial charge in [-0.15, -0.1) is 0 Å². The van der Waals surface area contributed by atoms with Crippen LogP contribution >= 0.6 is 0 Å². The highest BCUT2D eigenvalue weighted by molar-refractivity contribution is 5.17. The third kappa shape index (κ3) is 2.63. The maximum Gasteiger partial charge on any atom is 0.162 e. The van der Waals surface area contributed by atoms with Crippen molar-refractivity contribution in [1.82, 2.24) is 0 Å². The lowest BCUT2D eigenvalue weighted by molar-refractivity contribution is -0.943. The minimum absolute atomic E-state index is 0.605. The Morgan fingerprint density at radius 2 is 1.88 bits per heavy atom. The summed E-state index contributed by atoms with van der Waals surface area (Å²) >= 11 is 0. The third-order valence-electron chi connectivity index (χ3n) is 3.90. The summed E-state index contributed by atoms with van der Waals surface area (Å²) < 4.78 is 0. The minimum atomic E-state index is 0.605. The second-order valence-corrected chi connectivity index (χ2v) is 5.09. The number of piperidine rings is 1. The highest BCUT2D eigenvalue weighted by Gasteiger charge is 2.28. The van der Waals surface area contributed by atoms with Gasteiger partial charge in [-0.1, -0.05) is 37.3 Å². The van der Waals surface area contributed by atoms with Crippen LogP contribution in [0.5, 0.6) is 0 Å². The van der Waals surface area contributed by atoms with Gasteiger partial charge in [0, 0.05) is 5.56 Å². The number of likely N-dealkylation sites (tertiary alicyclic amines) is 1. The van der Waals surface area contributed by atoms with Gasteiger partial charge in [0.25, 0.3) is 0 Å². The fraction of sp³-hybridized carbons (Fsp3) is 0.571. The molecule has 1 aliphatic heterocycles. The predicted octanol–water partition coefficient (Wildman–Crippen LogP) is 0.284. The molecule has 0 radical (unpaired) electrons. The second kappa shape index (κ2) is 5.46. The molecule has 1 saturated heterocycles. The topological polar surface area (TPSA) is 32.1 Å². The molecule has 4 N–H and O–H groups in total. The van der Waals surface area contributed by atoms with E-state index in [1.165, 1.54) is 31.5 Å². The molecule has 2 heteroatoms. The summed E-state index contributed by atoms with van der Waals surface area (Å²) in [7, 11) is 0. The molecule has 2 rings (SSSR count). The van der Waals surface area contributed by atoms with E-state index in [-0.39, 0.29) is 0 Å². The molecule has 1 aliphatic rings. The van der Waals surface area contributed by atoms with Gasteiger partial charge in [0.1, 0.15) is 6.54 Å². The summed E-state index contributed by atoms with van der Waals surface area (Å²) in [4.78, 5) is 1.74. The molecule has 1 atom stereocenters. The molecule has 2 nitrogen and oxygen atoms in total. The zero-order valence-electron chi connectivity index (χ0n) is 10.3. The molecule has 0 amide bonds. The van der Waals surface area contributed by atoms with Crippen molar-refractivity contribution in [1.29, 1.82) is 0 Å². The second-order valence-electron chi connectivity index (χ2n) is 5.09. The highest BCUT2D eigenvalue weighted by Crippen LogP contribution is 2.12. The van der Waals surface area contributed by atoms with Gasteiger partial charge >= 0.3 is 0 Å². The number of quaternary nitrogens is 2. The first-order chi connectivity index (χ1) is 7.81. The molecule has 1 aromatic carbocycles. The Morgan fingerprint density at radius 1 is 1.25 bits per heavy atom. The standard InChI is InChI=1S/C14H22N2/c1-12-7-9-16(10-8-12)14(11-15)13-5-3-2-4-6-13/h2-6,12,14H,7-11,15H2,1H3/p+2/t14-/m0/s1. The summed E-state index contributed by atoms with van der Waals surface area (Å²) in [6, 6.07) is 11.5. The van der Waals surface area contributed by atoms with Crippen LogP contribution in [0.25, 0.3) is 0 Å². The molecule has 0 aliphatic carbocycles. The maximum atomic E-state index is 4.14. The lowest BCUT2D eigenvalue weighted by Crippen LogP contribution is -3.14. The number of hydrogen-bond donors (Lipinski definition) is 2. The fourth-order valence-electron chi connectivity index (χ4n) is 2.77. The van der Waals surface area contributed by atoms with E-state index in [2.05, 4.69) is 43.0 Å². The predicted molar refractivity (Wildman–Crippen MR) is 66.0 cm³/mol. The van der Waals surface area contributed by atoms with E-state index in [1.807, 2.05) is 0 Å². The Balaban J connectivity index is 2.05. The van der Waals surface area contributed by atoms with Gasteiger partial charge in [0.05, 0.1) is 13.1 Å². The Hall–Kier alpha value is -0.860. The number of nitrogens with one attached hydrogen (secondary N) is 1. The Labute approximate surface area is 98.4 Å². The van der Waals surface area contributed by atoms with Crippen LogP contribution in [-0.4, -0.2) is 19.6 Å². The van der Waals surface area contributed by atoms with Crippen molar-refractivity contribution in [3.63, 3.8) is 0 Å². The Kier molecular flexibility index (Phi) is 3.97. The van der Waals surface area contributed by atoms with Crippen LogP contribution in [0.1, 0.15) is 31.4 Å². The lowest BCUT2D eigenvalue weighted by Gasteiger charge is -2.32. The summed E-state index contributed by atoms with van der Waals surface area (Å²) in [5, 5.41) is 0. The van der Waals surface area contributed by atoms with Crippen LogP contribution in [0.4, 0.5) is 0 Å². The normalized spacial score (nSPS) is 27.6. The molecular formula is C14H24N2+2. The average molecular weight is 220 g/mol. The van der Waals surface area contributed by atoms with Crippen molar-refractivity contribution >= 4 is 0 Å². The zero-order valence-corrected chi connectivity index (χ0v) is 10.3. The van der Waals surface area contributed by atoms with Crippen LogP contribution in [0, 0.1) is 5.92 Å². The number of benzene rings is 1. The average Bonchev–Trinajstić information content (AvgIpc) is 2.34. The molecule has 1 fully saturated rings. The molecule has 1 heterocycles. The van der Waals surface area contributed by atoms with E-state index in [1.54, 1.807) is 4.90 Å². The van der Waals surface area contributed by atoms with Crippen LogP contribution in [-0.2, 0) is 0 Å². The van der Waals surface area contributed by atoms with E-state index in [4.69, 9.17) is 0 Å². The molecule has 1 aromatic rings.